The van der Waals surface area contributed by atoms with E-state index < -0.39 is 17.7 Å². The third-order valence-electron chi connectivity index (χ3n) is 2.38. The number of carboxylic acids is 1. The number of amides is 1. The lowest BCUT2D eigenvalue weighted by molar-refractivity contribution is -0.140. The third-order valence-corrected chi connectivity index (χ3v) is 2.38. The molecule has 4 nitrogen and oxygen atoms in total. The molecule has 0 saturated carbocycles. The third kappa shape index (κ3) is 3.55. The molecule has 5 heteroatoms. The fourth-order valence-electron chi connectivity index (χ4n) is 1.41. The number of carbonyl (C=O) groups excluding carboxylic acids is 1. The number of halogens is 1. The van der Waals surface area contributed by atoms with Gasteiger partial charge in [-0.05, 0) is 18.2 Å². The molecule has 1 aromatic rings. The number of aliphatic carboxylic acids is 1. The highest BCUT2D eigenvalue weighted by atomic mass is 19.1. The van der Waals surface area contributed by atoms with Crippen LogP contribution in [0.4, 0.5) is 10.1 Å². The highest BCUT2D eigenvalue weighted by Crippen LogP contribution is 2.17. The molecule has 1 N–H and O–H groups in total. The fourth-order valence-corrected chi connectivity index (χ4v) is 1.41. The van der Waals surface area contributed by atoms with Gasteiger partial charge in [-0.2, -0.15) is 0 Å². The van der Waals surface area contributed by atoms with Crippen LogP contribution >= 0.6 is 0 Å². The van der Waals surface area contributed by atoms with Gasteiger partial charge in [-0.1, -0.05) is 13.0 Å². The Labute approximate surface area is 98.7 Å². The van der Waals surface area contributed by atoms with Crippen LogP contribution in [-0.4, -0.2) is 23.5 Å². The summed E-state index contributed by atoms with van der Waals surface area (Å²) in [4.78, 5) is 23.4. The Balaban J connectivity index is 2.94. The number of nitrogens with zero attached hydrogens (tertiary/aromatic N) is 1. The van der Waals surface area contributed by atoms with E-state index in [9.17, 15) is 14.0 Å². The molecule has 1 aromatic carbocycles. The molecular formula is C12H14FNO3. The van der Waals surface area contributed by atoms with Gasteiger partial charge in [-0.15, -0.1) is 0 Å². The Hall–Kier alpha value is -1.91. The molecule has 0 aromatic heterocycles. The minimum atomic E-state index is -0.993. The van der Waals surface area contributed by atoms with E-state index in [1.807, 2.05) is 0 Å². The minimum Gasteiger partial charge on any atom is -0.481 e. The molecule has 0 aliphatic carbocycles. The highest BCUT2D eigenvalue weighted by molar-refractivity contribution is 5.92. The van der Waals surface area contributed by atoms with Crippen molar-refractivity contribution in [3.8, 4) is 0 Å². The van der Waals surface area contributed by atoms with E-state index in [2.05, 4.69) is 0 Å². The van der Waals surface area contributed by atoms with Crippen molar-refractivity contribution in [3.63, 3.8) is 0 Å². The van der Waals surface area contributed by atoms with E-state index in [0.29, 0.717) is 5.69 Å². The summed E-state index contributed by atoms with van der Waals surface area (Å²) in [5, 5.41) is 8.80. The van der Waals surface area contributed by atoms with Crippen molar-refractivity contribution < 1.29 is 19.1 Å². The summed E-state index contributed by atoms with van der Waals surface area (Å²) in [6, 6.07) is 5.52. The number of rotatable bonds is 4. The van der Waals surface area contributed by atoms with Gasteiger partial charge in [0.15, 0.2) is 0 Å². The number of hydrogen-bond donors (Lipinski definition) is 1. The van der Waals surface area contributed by atoms with Gasteiger partial charge in [0.25, 0.3) is 0 Å². The Morgan fingerprint density at radius 3 is 2.59 bits per heavy atom. The molecule has 0 saturated heterocycles. The van der Waals surface area contributed by atoms with Gasteiger partial charge in [-0.3, -0.25) is 9.59 Å². The second kappa shape index (κ2) is 5.43. The Morgan fingerprint density at radius 2 is 2.12 bits per heavy atom. The van der Waals surface area contributed by atoms with Gasteiger partial charge >= 0.3 is 5.97 Å². The molecule has 1 rings (SSSR count). The summed E-state index contributed by atoms with van der Waals surface area (Å²) in [6.45, 7) is 2.84. The molecule has 0 aliphatic heterocycles. The highest BCUT2D eigenvalue weighted by Gasteiger charge is 2.19. The van der Waals surface area contributed by atoms with Gasteiger partial charge in [-0.25, -0.2) is 4.39 Å². The topological polar surface area (TPSA) is 57.6 Å². The van der Waals surface area contributed by atoms with Crippen LogP contribution in [0.5, 0.6) is 0 Å². The molecular weight excluding hydrogens is 225 g/mol. The molecule has 0 fully saturated rings. The van der Waals surface area contributed by atoms with E-state index in [1.165, 1.54) is 36.9 Å². The summed E-state index contributed by atoms with van der Waals surface area (Å²) in [6.07, 6.45) is 0. The number of benzene rings is 1. The van der Waals surface area contributed by atoms with E-state index >= 15 is 0 Å². The molecule has 17 heavy (non-hydrogen) atoms. The number of hydrogen-bond acceptors (Lipinski definition) is 2. The smallest absolute Gasteiger partial charge is 0.308 e. The largest absolute Gasteiger partial charge is 0.481 e. The molecule has 1 atom stereocenters. The molecule has 0 heterocycles. The Bertz CT molecular complexity index is 434. The van der Waals surface area contributed by atoms with Crippen molar-refractivity contribution in [2.45, 2.75) is 13.8 Å². The normalized spacial score (nSPS) is 11.9. The molecule has 0 radical (unpaired) electrons. The summed E-state index contributed by atoms with van der Waals surface area (Å²) >= 11 is 0. The first-order chi connectivity index (χ1) is 7.91. The van der Waals surface area contributed by atoms with Gasteiger partial charge in [0.05, 0.1) is 5.92 Å². The molecule has 1 amide bonds. The summed E-state index contributed by atoms with van der Waals surface area (Å²) in [5.41, 5.74) is 0.366. The molecule has 0 aliphatic rings. The second-order valence-corrected chi connectivity index (χ2v) is 3.85. The summed E-state index contributed by atoms with van der Waals surface area (Å²) in [5.74, 6) is -2.48. The first-order valence-electron chi connectivity index (χ1n) is 5.18. The van der Waals surface area contributed by atoms with Crippen LogP contribution < -0.4 is 4.90 Å². The average molecular weight is 239 g/mol. The standard InChI is InChI=1S/C12H14FNO3/c1-8(12(16)17)7-14(9(2)15)11-5-3-4-10(13)6-11/h3-6,8H,7H2,1-2H3,(H,16,17). The number of carbonyl (C=O) groups is 2. The predicted octanol–water partition coefficient (Wildman–Crippen LogP) is 1.90. The first kappa shape index (κ1) is 13.2. The van der Waals surface area contributed by atoms with Crippen LogP contribution in [0.1, 0.15) is 13.8 Å². The van der Waals surface area contributed by atoms with Crippen LogP contribution in [0.25, 0.3) is 0 Å². The monoisotopic (exact) mass is 239 g/mol. The first-order valence-corrected chi connectivity index (χ1v) is 5.18. The Morgan fingerprint density at radius 1 is 1.47 bits per heavy atom. The maximum absolute atomic E-state index is 13.0. The van der Waals surface area contributed by atoms with Crippen LogP contribution in [0.2, 0.25) is 0 Å². The average Bonchev–Trinajstić information content (AvgIpc) is 2.24. The number of carboxylic acid groups (broad SMARTS) is 1. The van der Waals surface area contributed by atoms with Crippen LogP contribution in [0.3, 0.4) is 0 Å². The van der Waals surface area contributed by atoms with Crippen LogP contribution in [0, 0.1) is 11.7 Å². The Kier molecular flexibility index (Phi) is 4.20. The molecule has 92 valence electrons. The minimum absolute atomic E-state index is 0.0219. The van der Waals surface area contributed by atoms with Gasteiger partial charge < -0.3 is 10.0 Å². The van der Waals surface area contributed by atoms with Crippen molar-refractivity contribution >= 4 is 17.6 Å². The van der Waals surface area contributed by atoms with Gasteiger partial charge in [0.2, 0.25) is 5.91 Å². The maximum Gasteiger partial charge on any atom is 0.308 e. The van der Waals surface area contributed by atoms with E-state index in [-0.39, 0.29) is 12.5 Å². The fraction of sp³-hybridized carbons (Fsp3) is 0.333. The quantitative estimate of drug-likeness (QED) is 0.873. The lowest BCUT2D eigenvalue weighted by atomic mass is 10.1. The molecule has 0 spiro atoms. The van der Waals surface area contributed by atoms with E-state index in [4.69, 9.17) is 5.11 Å². The van der Waals surface area contributed by atoms with Crippen LogP contribution in [0.15, 0.2) is 24.3 Å². The summed E-state index contributed by atoms with van der Waals surface area (Å²) < 4.78 is 13.0. The van der Waals surface area contributed by atoms with Crippen molar-refractivity contribution in [3.05, 3.63) is 30.1 Å². The van der Waals surface area contributed by atoms with Crippen molar-refractivity contribution in [1.29, 1.82) is 0 Å². The SMILES string of the molecule is CC(=O)N(CC(C)C(=O)O)c1cccc(F)c1. The predicted molar refractivity (Wildman–Crippen MR) is 61.2 cm³/mol. The van der Waals surface area contributed by atoms with Crippen molar-refractivity contribution in [1.82, 2.24) is 0 Å². The van der Waals surface area contributed by atoms with Gasteiger partial charge in [0, 0.05) is 19.2 Å². The van der Waals surface area contributed by atoms with E-state index in [0.717, 1.165) is 0 Å². The molecule has 0 bridgehead atoms. The zero-order valence-electron chi connectivity index (χ0n) is 9.68. The molecule has 1 unspecified atom stereocenters. The lowest BCUT2D eigenvalue weighted by Crippen LogP contribution is -2.35. The van der Waals surface area contributed by atoms with Crippen molar-refractivity contribution in [2.75, 3.05) is 11.4 Å². The number of anilines is 1. The van der Waals surface area contributed by atoms with E-state index in [1.54, 1.807) is 6.07 Å². The zero-order chi connectivity index (χ0) is 13.0. The summed E-state index contributed by atoms with van der Waals surface area (Å²) in [7, 11) is 0. The second-order valence-electron chi connectivity index (χ2n) is 3.85. The van der Waals surface area contributed by atoms with Gasteiger partial charge in [0.1, 0.15) is 5.82 Å². The maximum atomic E-state index is 13.0. The van der Waals surface area contributed by atoms with Crippen molar-refractivity contribution in [2.24, 2.45) is 5.92 Å². The van der Waals surface area contributed by atoms with Crippen LogP contribution in [-0.2, 0) is 9.59 Å². The zero-order valence-corrected chi connectivity index (χ0v) is 9.68. The lowest BCUT2D eigenvalue weighted by Gasteiger charge is -2.23.